The van der Waals surface area contributed by atoms with Crippen LogP contribution in [0, 0.1) is 0 Å². The third-order valence-corrected chi connectivity index (χ3v) is 7.00. The van der Waals surface area contributed by atoms with Gasteiger partial charge in [-0.15, -0.1) is 10.2 Å². The number of amides is 1. The van der Waals surface area contributed by atoms with E-state index in [9.17, 15) is 4.79 Å². The maximum atomic E-state index is 13.3. The lowest BCUT2D eigenvalue weighted by molar-refractivity contribution is -0.126. The average Bonchev–Trinajstić information content (AvgIpc) is 3.45. The summed E-state index contributed by atoms with van der Waals surface area (Å²) >= 11 is 1.58. The molecule has 1 aromatic carbocycles. The molecule has 3 aromatic rings. The molecule has 1 fully saturated rings. The molecule has 0 aliphatic heterocycles. The zero-order chi connectivity index (χ0) is 21.7. The predicted molar refractivity (Wildman–Crippen MR) is 120 cm³/mol. The highest BCUT2D eigenvalue weighted by Crippen LogP contribution is 2.41. The highest BCUT2D eigenvalue weighted by Gasteiger charge is 2.42. The number of nitrogens with zero attached hydrogens (tertiary/aromatic N) is 4. The smallest absolute Gasteiger partial charge is 0.231 e. The van der Waals surface area contributed by atoms with Gasteiger partial charge in [-0.05, 0) is 42.7 Å². The highest BCUT2D eigenvalue weighted by molar-refractivity contribution is 7.98. The molecule has 0 unspecified atom stereocenters. The third-order valence-electron chi connectivity index (χ3n) is 5.94. The van der Waals surface area contributed by atoms with E-state index in [2.05, 4.69) is 20.5 Å². The zero-order valence-corrected chi connectivity index (χ0v) is 18.7. The van der Waals surface area contributed by atoms with Crippen molar-refractivity contribution in [1.82, 2.24) is 25.1 Å². The van der Waals surface area contributed by atoms with E-state index >= 15 is 0 Å². The van der Waals surface area contributed by atoms with Crippen molar-refractivity contribution in [3.63, 3.8) is 0 Å². The number of hydrogen-bond donors (Lipinski definition) is 1. The lowest BCUT2D eigenvalue weighted by Gasteiger charge is -2.28. The zero-order valence-electron chi connectivity index (χ0n) is 17.9. The van der Waals surface area contributed by atoms with Gasteiger partial charge in [0.05, 0.1) is 24.8 Å². The van der Waals surface area contributed by atoms with Gasteiger partial charge in [0.2, 0.25) is 5.91 Å². The van der Waals surface area contributed by atoms with Crippen LogP contribution < -0.4 is 10.1 Å². The van der Waals surface area contributed by atoms with Crippen LogP contribution in [0.25, 0.3) is 0 Å². The molecule has 2 heterocycles. The molecular formula is C23H27N5O2S. The van der Waals surface area contributed by atoms with Gasteiger partial charge >= 0.3 is 0 Å². The Labute approximate surface area is 186 Å². The van der Waals surface area contributed by atoms with Crippen LogP contribution in [0.1, 0.15) is 42.8 Å². The van der Waals surface area contributed by atoms with E-state index in [4.69, 9.17) is 4.74 Å². The Hall–Kier alpha value is -2.87. The molecule has 4 rings (SSSR count). The molecule has 1 aliphatic carbocycles. The van der Waals surface area contributed by atoms with Gasteiger partial charge in [0.25, 0.3) is 0 Å². The number of ether oxygens (including phenoxy) is 1. The first-order valence-corrected chi connectivity index (χ1v) is 11.4. The minimum absolute atomic E-state index is 0.0563. The van der Waals surface area contributed by atoms with Crippen molar-refractivity contribution in [1.29, 1.82) is 0 Å². The summed E-state index contributed by atoms with van der Waals surface area (Å²) in [6, 6.07) is 13.7. The standard InChI is InChI=1S/C23H27N5O2S/c1-28-20(26-27-22(28)31-16-18-7-3-6-14-24-18)15-25-21(29)23(12-4-5-13-23)17-8-10-19(30-2)11-9-17/h3,6-11,14H,4-5,12-13,15-16H2,1-2H3,(H,25,29). The molecule has 31 heavy (non-hydrogen) atoms. The molecule has 2 aromatic heterocycles. The number of nitrogens with one attached hydrogen (secondary N) is 1. The largest absolute Gasteiger partial charge is 0.497 e. The number of carbonyl (C=O) groups excluding carboxylic acids is 1. The monoisotopic (exact) mass is 437 g/mol. The van der Waals surface area contributed by atoms with E-state index in [1.165, 1.54) is 0 Å². The summed E-state index contributed by atoms with van der Waals surface area (Å²) in [5.74, 6) is 2.31. The first kappa shape index (κ1) is 21.4. The van der Waals surface area contributed by atoms with Crippen molar-refractivity contribution in [2.24, 2.45) is 7.05 Å². The summed E-state index contributed by atoms with van der Waals surface area (Å²) < 4.78 is 7.20. The first-order valence-electron chi connectivity index (χ1n) is 10.5. The molecule has 0 radical (unpaired) electrons. The Kier molecular flexibility index (Phi) is 6.56. The predicted octanol–water partition coefficient (Wildman–Crippen LogP) is 3.64. The van der Waals surface area contributed by atoms with Crippen molar-refractivity contribution in [2.75, 3.05) is 7.11 Å². The highest BCUT2D eigenvalue weighted by atomic mass is 32.2. The molecule has 1 amide bonds. The van der Waals surface area contributed by atoms with Crippen molar-refractivity contribution in [2.45, 2.75) is 48.6 Å². The molecule has 1 N–H and O–H groups in total. The summed E-state index contributed by atoms with van der Waals surface area (Å²) in [6.45, 7) is 0.352. The molecular weight excluding hydrogens is 410 g/mol. The van der Waals surface area contributed by atoms with E-state index in [-0.39, 0.29) is 5.91 Å². The second-order valence-electron chi connectivity index (χ2n) is 7.77. The minimum atomic E-state index is -0.485. The van der Waals surface area contributed by atoms with Gasteiger partial charge < -0.3 is 14.6 Å². The summed E-state index contributed by atoms with van der Waals surface area (Å²) in [4.78, 5) is 17.6. The fourth-order valence-corrected chi connectivity index (χ4v) is 4.96. The Balaban J connectivity index is 1.42. The Morgan fingerprint density at radius 1 is 1.16 bits per heavy atom. The van der Waals surface area contributed by atoms with E-state index < -0.39 is 5.41 Å². The molecule has 0 spiro atoms. The van der Waals surface area contributed by atoms with Gasteiger partial charge in [0.1, 0.15) is 5.75 Å². The van der Waals surface area contributed by atoms with Crippen LogP contribution in [0.3, 0.4) is 0 Å². The summed E-state index contributed by atoms with van der Waals surface area (Å²) in [7, 11) is 3.58. The lowest BCUT2D eigenvalue weighted by Crippen LogP contribution is -2.42. The van der Waals surface area contributed by atoms with E-state index in [0.29, 0.717) is 6.54 Å². The van der Waals surface area contributed by atoms with Gasteiger partial charge in [-0.2, -0.15) is 0 Å². The number of benzene rings is 1. The van der Waals surface area contributed by atoms with Crippen molar-refractivity contribution in [3.8, 4) is 5.75 Å². The van der Waals surface area contributed by atoms with Crippen LogP contribution in [-0.4, -0.2) is 32.8 Å². The van der Waals surface area contributed by atoms with Gasteiger partial charge in [0.15, 0.2) is 11.0 Å². The van der Waals surface area contributed by atoms with E-state index in [1.54, 1.807) is 25.1 Å². The van der Waals surface area contributed by atoms with E-state index in [1.807, 2.05) is 54.1 Å². The minimum Gasteiger partial charge on any atom is -0.497 e. The van der Waals surface area contributed by atoms with Crippen LogP contribution in [-0.2, 0) is 29.6 Å². The molecule has 8 heteroatoms. The Morgan fingerprint density at radius 2 is 1.94 bits per heavy atom. The molecule has 7 nitrogen and oxygen atoms in total. The first-order chi connectivity index (χ1) is 15.1. The fourth-order valence-electron chi connectivity index (χ4n) is 4.11. The lowest BCUT2D eigenvalue weighted by atomic mass is 9.78. The number of thioether (sulfide) groups is 1. The molecule has 1 saturated carbocycles. The van der Waals surface area contributed by atoms with Crippen molar-refractivity contribution >= 4 is 17.7 Å². The van der Waals surface area contributed by atoms with Gasteiger partial charge in [-0.3, -0.25) is 9.78 Å². The SMILES string of the molecule is COc1ccc(C2(C(=O)NCc3nnc(SCc4ccccn4)n3C)CCCC2)cc1. The van der Waals surface area contributed by atoms with Crippen molar-refractivity contribution in [3.05, 3.63) is 65.7 Å². The van der Waals surface area contributed by atoms with Crippen LogP contribution >= 0.6 is 11.8 Å². The second kappa shape index (κ2) is 9.51. The second-order valence-corrected chi connectivity index (χ2v) is 8.71. The third kappa shape index (κ3) is 4.58. The number of methoxy groups -OCH3 is 1. The Morgan fingerprint density at radius 3 is 2.61 bits per heavy atom. The van der Waals surface area contributed by atoms with Crippen LogP contribution in [0.5, 0.6) is 5.75 Å². The van der Waals surface area contributed by atoms with Crippen LogP contribution in [0.2, 0.25) is 0 Å². The van der Waals surface area contributed by atoms with Gasteiger partial charge in [-0.1, -0.05) is 42.8 Å². The van der Waals surface area contributed by atoms with Crippen LogP contribution in [0.4, 0.5) is 0 Å². The normalized spacial score (nSPS) is 15.0. The average molecular weight is 438 g/mol. The molecule has 0 saturated heterocycles. The molecule has 0 bridgehead atoms. The molecule has 162 valence electrons. The maximum absolute atomic E-state index is 13.3. The summed E-state index contributed by atoms with van der Waals surface area (Å²) in [5.41, 5.74) is 1.56. The van der Waals surface area contributed by atoms with Gasteiger partial charge in [0, 0.05) is 19.0 Å². The molecule has 0 atom stereocenters. The number of carbonyl (C=O) groups is 1. The summed E-state index contributed by atoms with van der Waals surface area (Å²) in [6.07, 6.45) is 5.61. The number of pyridine rings is 1. The number of hydrogen-bond acceptors (Lipinski definition) is 6. The Bertz CT molecular complexity index is 1010. The van der Waals surface area contributed by atoms with Crippen molar-refractivity contribution < 1.29 is 9.53 Å². The maximum Gasteiger partial charge on any atom is 0.231 e. The fraction of sp³-hybridized carbons (Fsp3) is 0.391. The topological polar surface area (TPSA) is 81.9 Å². The number of aromatic nitrogens is 4. The molecule has 1 aliphatic rings. The van der Waals surface area contributed by atoms with Gasteiger partial charge in [-0.25, -0.2) is 0 Å². The van der Waals surface area contributed by atoms with Crippen LogP contribution in [0.15, 0.2) is 53.8 Å². The number of rotatable bonds is 8. The van der Waals surface area contributed by atoms with E-state index in [0.717, 1.165) is 59.4 Å². The summed E-state index contributed by atoms with van der Waals surface area (Å²) in [5, 5.41) is 12.5. The quantitative estimate of drug-likeness (QED) is 0.542.